The van der Waals surface area contributed by atoms with E-state index in [1.54, 1.807) is 45.2 Å². The SMILES string of the molecule is CN(CC(F)F)CC(C)(C)C(=O)c1ccccc1. The zero-order valence-corrected chi connectivity index (χ0v) is 11.0. The molecule has 4 heteroatoms. The summed E-state index contributed by atoms with van der Waals surface area (Å²) in [5.41, 5.74) is -0.0571. The lowest BCUT2D eigenvalue weighted by molar-refractivity contribution is 0.0648. The summed E-state index contributed by atoms with van der Waals surface area (Å²) in [4.78, 5) is 13.8. The Balaban J connectivity index is 2.71. The van der Waals surface area contributed by atoms with E-state index in [-0.39, 0.29) is 12.3 Å². The van der Waals surface area contributed by atoms with Crippen LogP contribution >= 0.6 is 0 Å². The van der Waals surface area contributed by atoms with Gasteiger partial charge in [0.2, 0.25) is 0 Å². The van der Waals surface area contributed by atoms with Crippen LogP contribution < -0.4 is 0 Å². The molecule has 0 aromatic heterocycles. The van der Waals surface area contributed by atoms with Crippen LogP contribution in [0.25, 0.3) is 0 Å². The zero-order valence-electron chi connectivity index (χ0n) is 11.0. The number of rotatable bonds is 6. The summed E-state index contributed by atoms with van der Waals surface area (Å²) in [6.07, 6.45) is -2.38. The van der Waals surface area contributed by atoms with Gasteiger partial charge in [-0.25, -0.2) is 8.78 Å². The molecule has 0 saturated carbocycles. The first kappa shape index (κ1) is 14.8. The van der Waals surface area contributed by atoms with Gasteiger partial charge < -0.3 is 0 Å². The molecule has 0 heterocycles. The molecule has 0 saturated heterocycles. The number of hydrogen-bond donors (Lipinski definition) is 0. The number of hydrogen-bond acceptors (Lipinski definition) is 2. The zero-order chi connectivity index (χ0) is 13.8. The molecule has 0 aliphatic heterocycles. The van der Waals surface area contributed by atoms with E-state index in [2.05, 4.69) is 0 Å². The molecule has 1 aromatic rings. The van der Waals surface area contributed by atoms with E-state index in [9.17, 15) is 13.6 Å². The van der Waals surface area contributed by atoms with Gasteiger partial charge in [0.1, 0.15) is 0 Å². The minimum absolute atomic E-state index is 0.0239. The van der Waals surface area contributed by atoms with Gasteiger partial charge >= 0.3 is 0 Å². The number of alkyl halides is 2. The van der Waals surface area contributed by atoms with Gasteiger partial charge in [-0.2, -0.15) is 0 Å². The first-order valence-corrected chi connectivity index (χ1v) is 5.89. The van der Waals surface area contributed by atoms with E-state index < -0.39 is 11.8 Å². The molecule has 0 aliphatic carbocycles. The second-order valence-electron chi connectivity index (χ2n) is 5.17. The quantitative estimate of drug-likeness (QED) is 0.728. The molecule has 0 amide bonds. The van der Waals surface area contributed by atoms with Gasteiger partial charge in [-0.1, -0.05) is 44.2 Å². The lowest BCUT2D eigenvalue weighted by Gasteiger charge is -2.28. The fourth-order valence-electron chi connectivity index (χ4n) is 2.03. The van der Waals surface area contributed by atoms with Crippen molar-refractivity contribution in [2.75, 3.05) is 20.1 Å². The van der Waals surface area contributed by atoms with Crippen LogP contribution in [0, 0.1) is 5.41 Å². The number of benzene rings is 1. The van der Waals surface area contributed by atoms with Crippen LogP contribution in [-0.4, -0.2) is 37.2 Å². The number of carbonyl (C=O) groups is 1. The maximum atomic E-state index is 12.3. The standard InChI is InChI=1S/C14H19F2NO/c1-14(2,10-17(3)9-12(15)16)13(18)11-7-5-4-6-8-11/h4-8,12H,9-10H2,1-3H3. The maximum Gasteiger partial charge on any atom is 0.251 e. The van der Waals surface area contributed by atoms with Crippen molar-refractivity contribution in [1.29, 1.82) is 0 Å². The number of ketones is 1. The third-order valence-corrected chi connectivity index (χ3v) is 2.77. The third-order valence-electron chi connectivity index (χ3n) is 2.77. The summed E-state index contributed by atoms with van der Waals surface area (Å²) in [5.74, 6) is -0.0239. The van der Waals surface area contributed by atoms with Gasteiger partial charge in [0, 0.05) is 17.5 Å². The van der Waals surface area contributed by atoms with Crippen molar-refractivity contribution >= 4 is 5.78 Å². The summed E-state index contributed by atoms with van der Waals surface area (Å²) in [6, 6.07) is 8.93. The smallest absolute Gasteiger partial charge is 0.251 e. The predicted molar refractivity (Wildman–Crippen MR) is 68.1 cm³/mol. The number of halogens is 2. The topological polar surface area (TPSA) is 20.3 Å². The molecule has 0 spiro atoms. The van der Waals surface area contributed by atoms with Gasteiger partial charge in [0.25, 0.3) is 6.43 Å². The second-order valence-corrected chi connectivity index (χ2v) is 5.17. The van der Waals surface area contributed by atoms with Crippen molar-refractivity contribution in [1.82, 2.24) is 4.90 Å². The minimum atomic E-state index is -2.38. The highest BCUT2D eigenvalue weighted by atomic mass is 19.3. The Morgan fingerprint density at radius 1 is 1.28 bits per heavy atom. The van der Waals surface area contributed by atoms with Crippen LogP contribution in [-0.2, 0) is 0 Å². The van der Waals surface area contributed by atoms with Crippen LogP contribution in [0.4, 0.5) is 8.78 Å². The molecular formula is C14H19F2NO. The Kier molecular flexibility index (Phi) is 4.96. The van der Waals surface area contributed by atoms with Crippen LogP contribution in [0.3, 0.4) is 0 Å². The van der Waals surface area contributed by atoms with Crippen LogP contribution in [0.2, 0.25) is 0 Å². The summed E-state index contributed by atoms with van der Waals surface area (Å²) in [7, 11) is 1.60. The van der Waals surface area contributed by atoms with E-state index in [0.717, 1.165) is 0 Å². The molecule has 2 nitrogen and oxygen atoms in total. The molecular weight excluding hydrogens is 236 g/mol. The van der Waals surface area contributed by atoms with Gasteiger partial charge in [0.05, 0.1) is 6.54 Å². The predicted octanol–water partition coefficient (Wildman–Crippen LogP) is 3.09. The molecule has 0 aliphatic rings. The molecule has 18 heavy (non-hydrogen) atoms. The summed E-state index contributed by atoms with van der Waals surface area (Å²) in [6.45, 7) is 3.56. The van der Waals surface area contributed by atoms with E-state index in [4.69, 9.17) is 0 Å². The van der Waals surface area contributed by atoms with Gasteiger partial charge in [-0.05, 0) is 7.05 Å². The van der Waals surface area contributed by atoms with E-state index in [0.29, 0.717) is 12.1 Å². The monoisotopic (exact) mass is 255 g/mol. The first-order chi connectivity index (χ1) is 8.33. The molecule has 0 N–H and O–H groups in total. The largest absolute Gasteiger partial charge is 0.300 e. The lowest BCUT2D eigenvalue weighted by atomic mass is 9.84. The molecule has 0 radical (unpaired) electrons. The molecule has 100 valence electrons. The normalized spacial score (nSPS) is 12.2. The van der Waals surface area contributed by atoms with Crippen molar-refractivity contribution in [3.05, 3.63) is 35.9 Å². The average Bonchev–Trinajstić information content (AvgIpc) is 2.27. The van der Waals surface area contributed by atoms with E-state index in [1.807, 2.05) is 6.07 Å². The highest BCUT2D eigenvalue weighted by Crippen LogP contribution is 2.23. The highest BCUT2D eigenvalue weighted by molar-refractivity contribution is 6.00. The van der Waals surface area contributed by atoms with Crippen molar-refractivity contribution in [2.45, 2.75) is 20.3 Å². The Morgan fingerprint density at radius 3 is 2.33 bits per heavy atom. The molecule has 0 fully saturated rings. The molecule has 0 unspecified atom stereocenters. The minimum Gasteiger partial charge on any atom is -0.300 e. The van der Waals surface area contributed by atoms with Gasteiger partial charge in [-0.15, -0.1) is 0 Å². The summed E-state index contributed by atoms with van der Waals surface area (Å²) < 4.78 is 24.5. The average molecular weight is 255 g/mol. The number of Topliss-reactive ketones (excluding diaryl/α,β-unsaturated/α-hetero) is 1. The van der Waals surface area contributed by atoms with Crippen LogP contribution in [0.15, 0.2) is 30.3 Å². The molecule has 1 rings (SSSR count). The lowest BCUT2D eigenvalue weighted by Crippen LogP contribution is -2.39. The highest BCUT2D eigenvalue weighted by Gasteiger charge is 2.30. The van der Waals surface area contributed by atoms with Crippen molar-refractivity contribution in [2.24, 2.45) is 5.41 Å². The second kappa shape index (κ2) is 6.05. The van der Waals surface area contributed by atoms with Gasteiger partial charge in [-0.3, -0.25) is 9.69 Å². The summed E-state index contributed by atoms with van der Waals surface area (Å²) in [5, 5.41) is 0. The van der Waals surface area contributed by atoms with Crippen LogP contribution in [0.1, 0.15) is 24.2 Å². The first-order valence-electron chi connectivity index (χ1n) is 5.89. The van der Waals surface area contributed by atoms with Crippen molar-refractivity contribution in [3.63, 3.8) is 0 Å². The van der Waals surface area contributed by atoms with E-state index in [1.165, 1.54) is 4.90 Å². The fourth-order valence-corrected chi connectivity index (χ4v) is 2.03. The van der Waals surface area contributed by atoms with E-state index >= 15 is 0 Å². The Hall–Kier alpha value is -1.29. The van der Waals surface area contributed by atoms with Crippen LogP contribution in [0.5, 0.6) is 0 Å². The third kappa shape index (κ3) is 4.18. The van der Waals surface area contributed by atoms with Crippen molar-refractivity contribution < 1.29 is 13.6 Å². The van der Waals surface area contributed by atoms with Gasteiger partial charge in [0.15, 0.2) is 5.78 Å². The summed E-state index contributed by atoms with van der Waals surface area (Å²) >= 11 is 0. The Bertz CT molecular complexity index is 390. The molecule has 1 aromatic carbocycles. The molecule has 0 atom stereocenters. The number of nitrogens with zero attached hydrogens (tertiary/aromatic N) is 1. The Labute approximate surface area is 107 Å². The Morgan fingerprint density at radius 2 is 1.83 bits per heavy atom. The fraction of sp³-hybridized carbons (Fsp3) is 0.500. The van der Waals surface area contributed by atoms with Crippen molar-refractivity contribution in [3.8, 4) is 0 Å². The maximum absolute atomic E-state index is 12.3. The molecule has 0 bridgehead atoms. The number of carbonyl (C=O) groups excluding carboxylic acids is 1.